The molecule has 1 N–H and O–H groups in total. The van der Waals surface area contributed by atoms with Crippen molar-refractivity contribution < 1.29 is 18.7 Å². The molecule has 4 nitrogen and oxygen atoms in total. The molecule has 0 radical (unpaired) electrons. The first-order chi connectivity index (χ1) is 10.7. The molecular formula is C17H14FNO3. The first-order valence-electron chi connectivity index (χ1n) is 6.74. The van der Waals surface area contributed by atoms with E-state index < -0.39 is 11.8 Å². The van der Waals surface area contributed by atoms with E-state index in [0.29, 0.717) is 11.1 Å². The number of ether oxygens (including phenoxy) is 2. The third-order valence-corrected chi connectivity index (χ3v) is 3.40. The van der Waals surface area contributed by atoms with Gasteiger partial charge >= 0.3 is 5.97 Å². The second-order valence-electron chi connectivity index (χ2n) is 4.79. The molecule has 22 heavy (non-hydrogen) atoms. The standard InChI is InChI=1S/C17H14FNO3/c1-21-16-7-6-11(8-14(16)18)10-22-17(20)13-9-19-15-5-3-2-4-12(13)15/h2-9,19H,10H2,1H3. The van der Waals surface area contributed by atoms with Gasteiger partial charge in [0.15, 0.2) is 11.6 Å². The van der Waals surface area contributed by atoms with E-state index in [-0.39, 0.29) is 12.4 Å². The normalized spacial score (nSPS) is 10.6. The number of halogens is 1. The monoisotopic (exact) mass is 299 g/mol. The van der Waals surface area contributed by atoms with Gasteiger partial charge in [0.1, 0.15) is 6.61 Å². The minimum atomic E-state index is -0.483. The summed E-state index contributed by atoms with van der Waals surface area (Å²) in [5, 5.41) is 0.799. The van der Waals surface area contributed by atoms with Crippen LogP contribution in [0.3, 0.4) is 0 Å². The summed E-state index contributed by atoms with van der Waals surface area (Å²) in [7, 11) is 1.40. The number of methoxy groups -OCH3 is 1. The number of aromatic nitrogens is 1. The number of carbonyl (C=O) groups is 1. The molecule has 2 aromatic carbocycles. The van der Waals surface area contributed by atoms with Crippen molar-refractivity contribution in [2.45, 2.75) is 6.61 Å². The molecule has 0 saturated carbocycles. The van der Waals surface area contributed by atoms with Gasteiger partial charge in [-0.3, -0.25) is 0 Å². The molecular weight excluding hydrogens is 285 g/mol. The average Bonchev–Trinajstić information content (AvgIpc) is 2.97. The molecule has 0 aliphatic rings. The lowest BCUT2D eigenvalue weighted by molar-refractivity contribution is 0.0474. The van der Waals surface area contributed by atoms with Crippen LogP contribution in [0.15, 0.2) is 48.7 Å². The molecule has 0 bridgehead atoms. The van der Waals surface area contributed by atoms with Crippen LogP contribution in [0.1, 0.15) is 15.9 Å². The molecule has 0 fully saturated rings. The molecule has 0 spiro atoms. The average molecular weight is 299 g/mol. The second kappa shape index (κ2) is 5.89. The van der Waals surface area contributed by atoms with Gasteiger partial charge in [-0.25, -0.2) is 9.18 Å². The highest BCUT2D eigenvalue weighted by atomic mass is 19.1. The zero-order valence-corrected chi connectivity index (χ0v) is 11.9. The first-order valence-corrected chi connectivity index (χ1v) is 6.74. The van der Waals surface area contributed by atoms with E-state index in [1.54, 1.807) is 12.3 Å². The molecule has 1 heterocycles. The summed E-state index contributed by atoms with van der Waals surface area (Å²) in [6.45, 7) is -0.000740. The maximum absolute atomic E-state index is 13.6. The Balaban J connectivity index is 1.73. The van der Waals surface area contributed by atoms with Gasteiger partial charge in [0.2, 0.25) is 0 Å². The van der Waals surface area contributed by atoms with Crippen LogP contribution in [-0.2, 0) is 11.3 Å². The van der Waals surface area contributed by atoms with Gasteiger partial charge in [-0.05, 0) is 23.8 Å². The fourth-order valence-corrected chi connectivity index (χ4v) is 2.27. The summed E-state index contributed by atoms with van der Waals surface area (Å²) < 4.78 is 23.7. The number of aromatic amines is 1. The molecule has 0 aliphatic carbocycles. The predicted molar refractivity (Wildman–Crippen MR) is 80.4 cm³/mol. The van der Waals surface area contributed by atoms with Gasteiger partial charge in [0.25, 0.3) is 0 Å². The zero-order valence-electron chi connectivity index (χ0n) is 11.9. The number of benzene rings is 2. The summed E-state index contributed by atoms with van der Waals surface area (Å²) in [5.41, 5.74) is 1.89. The SMILES string of the molecule is COc1ccc(COC(=O)c2c[nH]c3ccccc23)cc1F. The van der Waals surface area contributed by atoms with E-state index in [9.17, 15) is 9.18 Å². The van der Waals surface area contributed by atoms with Gasteiger partial charge in [0.05, 0.1) is 12.7 Å². The molecule has 0 aliphatic heterocycles. The highest BCUT2D eigenvalue weighted by Gasteiger charge is 2.13. The van der Waals surface area contributed by atoms with E-state index in [2.05, 4.69) is 4.98 Å². The summed E-state index contributed by atoms with van der Waals surface area (Å²) >= 11 is 0. The maximum Gasteiger partial charge on any atom is 0.340 e. The lowest BCUT2D eigenvalue weighted by Gasteiger charge is -2.06. The van der Waals surface area contributed by atoms with Gasteiger partial charge in [-0.15, -0.1) is 0 Å². The minimum absolute atomic E-state index is 0.000740. The molecule has 5 heteroatoms. The van der Waals surface area contributed by atoms with Crippen molar-refractivity contribution in [1.82, 2.24) is 4.98 Å². The lowest BCUT2D eigenvalue weighted by Crippen LogP contribution is -2.05. The van der Waals surface area contributed by atoms with Crippen LogP contribution >= 0.6 is 0 Å². The topological polar surface area (TPSA) is 51.3 Å². The number of para-hydroxylation sites is 1. The van der Waals surface area contributed by atoms with Crippen molar-refractivity contribution >= 4 is 16.9 Å². The number of H-pyrrole nitrogens is 1. The fraction of sp³-hybridized carbons (Fsp3) is 0.118. The van der Waals surface area contributed by atoms with Gasteiger partial charge < -0.3 is 14.5 Å². The van der Waals surface area contributed by atoms with Crippen molar-refractivity contribution in [1.29, 1.82) is 0 Å². The van der Waals surface area contributed by atoms with Gasteiger partial charge in [0, 0.05) is 17.1 Å². The number of esters is 1. The zero-order chi connectivity index (χ0) is 15.5. The first kappa shape index (κ1) is 14.1. The van der Waals surface area contributed by atoms with Gasteiger partial charge in [-0.1, -0.05) is 24.3 Å². The predicted octanol–water partition coefficient (Wildman–Crippen LogP) is 3.67. The number of carbonyl (C=O) groups excluding carboxylic acids is 1. The molecule has 0 amide bonds. The van der Waals surface area contributed by atoms with E-state index in [1.165, 1.54) is 19.2 Å². The van der Waals surface area contributed by atoms with E-state index in [0.717, 1.165) is 10.9 Å². The van der Waals surface area contributed by atoms with Crippen LogP contribution < -0.4 is 4.74 Å². The van der Waals surface area contributed by atoms with Crippen molar-refractivity contribution in [3.05, 3.63) is 65.6 Å². The third kappa shape index (κ3) is 2.65. The number of rotatable bonds is 4. The summed E-state index contributed by atoms with van der Waals surface area (Å²) in [4.78, 5) is 15.2. The number of hydrogen-bond donors (Lipinski definition) is 1. The molecule has 112 valence electrons. The highest BCUT2D eigenvalue weighted by Crippen LogP contribution is 2.21. The van der Waals surface area contributed by atoms with Crippen molar-refractivity contribution in [2.24, 2.45) is 0 Å². The summed E-state index contributed by atoms with van der Waals surface area (Å²) in [5.74, 6) is -0.775. The Labute approximate surface area is 126 Å². The largest absolute Gasteiger partial charge is 0.494 e. The molecule has 1 aromatic heterocycles. The van der Waals surface area contributed by atoms with Crippen LogP contribution in [0.2, 0.25) is 0 Å². The molecule has 0 saturated heterocycles. The van der Waals surface area contributed by atoms with Crippen LogP contribution in [-0.4, -0.2) is 18.1 Å². The van der Waals surface area contributed by atoms with E-state index in [1.807, 2.05) is 24.3 Å². The minimum Gasteiger partial charge on any atom is -0.494 e. The number of fused-ring (bicyclic) bond motifs is 1. The smallest absolute Gasteiger partial charge is 0.340 e. The third-order valence-electron chi connectivity index (χ3n) is 3.40. The summed E-state index contributed by atoms with van der Waals surface area (Å²) in [6, 6.07) is 11.9. The lowest BCUT2D eigenvalue weighted by atomic mass is 10.2. The maximum atomic E-state index is 13.6. The van der Waals surface area contributed by atoms with Gasteiger partial charge in [-0.2, -0.15) is 0 Å². The molecule has 3 aromatic rings. The Morgan fingerprint density at radius 3 is 2.82 bits per heavy atom. The highest BCUT2D eigenvalue weighted by molar-refractivity contribution is 6.03. The van der Waals surface area contributed by atoms with Crippen molar-refractivity contribution in [2.75, 3.05) is 7.11 Å². The van der Waals surface area contributed by atoms with Crippen LogP contribution in [0.4, 0.5) is 4.39 Å². The van der Waals surface area contributed by atoms with Crippen molar-refractivity contribution in [3.63, 3.8) is 0 Å². The Bertz CT molecular complexity index is 826. The quantitative estimate of drug-likeness (QED) is 0.748. The van der Waals surface area contributed by atoms with Crippen LogP contribution in [0.25, 0.3) is 10.9 Å². The summed E-state index contributed by atoms with van der Waals surface area (Å²) in [6.07, 6.45) is 1.61. The number of nitrogens with one attached hydrogen (secondary N) is 1. The number of hydrogen-bond acceptors (Lipinski definition) is 3. The Kier molecular flexibility index (Phi) is 3.78. The van der Waals surface area contributed by atoms with Crippen LogP contribution in [0.5, 0.6) is 5.75 Å². The molecule has 0 unspecified atom stereocenters. The van der Waals surface area contributed by atoms with E-state index >= 15 is 0 Å². The van der Waals surface area contributed by atoms with Crippen molar-refractivity contribution in [3.8, 4) is 5.75 Å². The Hall–Kier alpha value is -2.82. The van der Waals surface area contributed by atoms with Crippen LogP contribution in [0, 0.1) is 5.82 Å². The Morgan fingerprint density at radius 1 is 1.23 bits per heavy atom. The van der Waals surface area contributed by atoms with E-state index in [4.69, 9.17) is 9.47 Å². The fourth-order valence-electron chi connectivity index (χ4n) is 2.27. The molecule has 0 atom stereocenters. The second-order valence-corrected chi connectivity index (χ2v) is 4.79. The Morgan fingerprint density at radius 2 is 2.05 bits per heavy atom. The molecule has 3 rings (SSSR count).